The Morgan fingerprint density at radius 1 is 0.800 bits per heavy atom. The van der Waals surface area contributed by atoms with Gasteiger partial charge in [0, 0.05) is 9.75 Å². The van der Waals surface area contributed by atoms with E-state index in [1.54, 1.807) is 0 Å². The van der Waals surface area contributed by atoms with Crippen molar-refractivity contribution < 1.29 is 0 Å². The molecule has 2 aromatic carbocycles. The molecule has 3 rings (SSSR count). The number of benzene rings is 2. The van der Waals surface area contributed by atoms with Crippen LogP contribution < -0.4 is 0 Å². The van der Waals surface area contributed by atoms with Gasteiger partial charge in [-0.2, -0.15) is 0 Å². The zero-order valence-electron chi connectivity index (χ0n) is 11.4. The summed E-state index contributed by atoms with van der Waals surface area (Å²) >= 11 is 1.83. The molecule has 0 N–H and O–H groups in total. The lowest BCUT2D eigenvalue weighted by Crippen LogP contribution is -1.76. The van der Waals surface area contributed by atoms with Gasteiger partial charge in [0.15, 0.2) is 0 Å². The minimum atomic E-state index is 1.28. The summed E-state index contributed by atoms with van der Waals surface area (Å²) in [6.07, 6.45) is 2.26. The highest BCUT2D eigenvalue weighted by Crippen LogP contribution is 2.30. The van der Waals surface area contributed by atoms with E-state index < -0.39 is 0 Å². The summed E-state index contributed by atoms with van der Waals surface area (Å²) in [4.78, 5) is 2.61. The van der Waals surface area contributed by atoms with Gasteiger partial charge in [0.25, 0.3) is 0 Å². The molecule has 0 nitrogen and oxygen atoms in total. The standard InChI is InChI=1S/C19H16S/c1-15(16-8-4-2-5-9-16)14-18-12-13-19(20-18)17-10-6-3-7-11-17/h2-14H,1H3/b15-14+. The van der Waals surface area contributed by atoms with Gasteiger partial charge in [-0.05, 0) is 41.8 Å². The Kier molecular flexibility index (Phi) is 3.80. The summed E-state index contributed by atoms with van der Waals surface area (Å²) in [5.74, 6) is 0. The van der Waals surface area contributed by atoms with Gasteiger partial charge in [0.1, 0.15) is 0 Å². The first-order chi connectivity index (χ1) is 9.83. The minimum absolute atomic E-state index is 1.28. The van der Waals surface area contributed by atoms with Crippen LogP contribution in [0.15, 0.2) is 72.8 Å². The maximum atomic E-state index is 2.26. The molecule has 0 aliphatic heterocycles. The number of allylic oxidation sites excluding steroid dienone is 1. The van der Waals surface area contributed by atoms with Gasteiger partial charge in [-0.15, -0.1) is 11.3 Å². The molecule has 1 heteroatoms. The number of hydrogen-bond acceptors (Lipinski definition) is 1. The lowest BCUT2D eigenvalue weighted by Gasteiger charge is -1.99. The molecular formula is C19H16S. The topological polar surface area (TPSA) is 0 Å². The van der Waals surface area contributed by atoms with Crippen molar-refractivity contribution in [2.45, 2.75) is 6.92 Å². The van der Waals surface area contributed by atoms with Gasteiger partial charge in [0.2, 0.25) is 0 Å². The molecule has 0 radical (unpaired) electrons. The third-order valence-electron chi connectivity index (χ3n) is 3.27. The normalized spacial score (nSPS) is 11.6. The Morgan fingerprint density at radius 2 is 1.45 bits per heavy atom. The van der Waals surface area contributed by atoms with Gasteiger partial charge in [-0.25, -0.2) is 0 Å². The molecule has 0 atom stereocenters. The van der Waals surface area contributed by atoms with Crippen molar-refractivity contribution in [3.63, 3.8) is 0 Å². The van der Waals surface area contributed by atoms with Crippen LogP contribution in [0.25, 0.3) is 22.1 Å². The van der Waals surface area contributed by atoms with E-state index in [1.807, 2.05) is 11.3 Å². The zero-order chi connectivity index (χ0) is 13.8. The second-order valence-corrected chi connectivity index (χ2v) is 5.88. The minimum Gasteiger partial charge on any atom is -0.136 e. The highest BCUT2D eigenvalue weighted by Gasteiger charge is 2.01. The van der Waals surface area contributed by atoms with Crippen LogP contribution in [0.3, 0.4) is 0 Å². The predicted molar refractivity (Wildman–Crippen MR) is 89.7 cm³/mol. The zero-order valence-corrected chi connectivity index (χ0v) is 12.2. The molecule has 0 fully saturated rings. The van der Waals surface area contributed by atoms with Gasteiger partial charge >= 0.3 is 0 Å². The summed E-state index contributed by atoms with van der Waals surface area (Å²) < 4.78 is 0. The third kappa shape index (κ3) is 2.89. The van der Waals surface area contributed by atoms with Crippen LogP contribution in [0.5, 0.6) is 0 Å². The SMILES string of the molecule is C/C(=C\c1ccc(-c2ccccc2)s1)c1ccccc1. The van der Waals surface area contributed by atoms with Crippen molar-refractivity contribution in [2.24, 2.45) is 0 Å². The molecule has 0 aliphatic rings. The van der Waals surface area contributed by atoms with Gasteiger partial charge in [-0.3, -0.25) is 0 Å². The Bertz CT molecular complexity index is 706. The lowest BCUT2D eigenvalue weighted by molar-refractivity contribution is 1.58. The smallest absolute Gasteiger partial charge is 0.0349 e. The predicted octanol–water partition coefficient (Wildman–Crippen LogP) is 5.98. The molecule has 20 heavy (non-hydrogen) atoms. The van der Waals surface area contributed by atoms with Crippen molar-refractivity contribution in [2.75, 3.05) is 0 Å². The molecule has 0 saturated heterocycles. The molecular weight excluding hydrogens is 260 g/mol. The summed E-state index contributed by atoms with van der Waals surface area (Å²) in [6, 6.07) is 25.4. The van der Waals surface area contributed by atoms with Crippen molar-refractivity contribution >= 4 is 23.0 Å². The fourth-order valence-electron chi connectivity index (χ4n) is 2.19. The first-order valence-corrected chi connectivity index (χ1v) is 7.53. The highest BCUT2D eigenvalue weighted by molar-refractivity contribution is 7.16. The second kappa shape index (κ2) is 5.89. The highest BCUT2D eigenvalue weighted by atomic mass is 32.1. The van der Waals surface area contributed by atoms with E-state index in [0.717, 1.165) is 0 Å². The Balaban J connectivity index is 1.88. The van der Waals surface area contributed by atoms with E-state index in [2.05, 4.69) is 85.8 Å². The molecule has 1 aromatic heterocycles. The average Bonchev–Trinajstić information content (AvgIpc) is 2.97. The third-order valence-corrected chi connectivity index (χ3v) is 4.35. The largest absolute Gasteiger partial charge is 0.136 e. The van der Waals surface area contributed by atoms with E-state index in [0.29, 0.717) is 0 Å². The fourth-order valence-corrected chi connectivity index (χ4v) is 3.20. The van der Waals surface area contributed by atoms with Crippen molar-refractivity contribution in [1.29, 1.82) is 0 Å². The number of thiophene rings is 1. The van der Waals surface area contributed by atoms with Crippen LogP contribution in [-0.2, 0) is 0 Å². The van der Waals surface area contributed by atoms with Crippen molar-refractivity contribution in [1.82, 2.24) is 0 Å². The van der Waals surface area contributed by atoms with Crippen LogP contribution in [0.2, 0.25) is 0 Å². The van der Waals surface area contributed by atoms with Crippen molar-refractivity contribution in [3.05, 3.63) is 83.2 Å². The molecule has 0 unspecified atom stereocenters. The van der Waals surface area contributed by atoms with E-state index in [-0.39, 0.29) is 0 Å². The van der Waals surface area contributed by atoms with Crippen LogP contribution in [0.1, 0.15) is 17.4 Å². The van der Waals surface area contributed by atoms with E-state index >= 15 is 0 Å². The summed E-state index contributed by atoms with van der Waals surface area (Å²) in [7, 11) is 0. The molecule has 0 amide bonds. The monoisotopic (exact) mass is 276 g/mol. The maximum absolute atomic E-state index is 2.26. The van der Waals surface area contributed by atoms with Crippen LogP contribution >= 0.6 is 11.3 Å². The molecule has 0 aliphatic carbocycles. The summed E-state index contributed by atoms with van der Waals surface area (Å²) in [5.41, 5.74) is 3.86. The first-order valence-electron chi connectivity index (χ1n) is 6.72. The number of rotatable bonds is 3. The molecule has 0 saturated carbocycles. The molecule has 0 bridgehead atoms. The fraction of sp³-hybridized carbons (Fsp3) is 0.0526. The van der Waals surface area contributed by atoms with Crippen LogP contribution in [0.4, 0.5) is 0 Å². The molecule has 3 aromatic rings. The van der Waals surface area contributed by atoms with Crippen molar-refractivity contribution in [3.8, 4) is 10.4 Å². The van der Waals surface area contributed by atoms with Gasteiger partial charge in [0.05, 0.1) is 0 Å². The molecule has 1 heterocycles. The van der Waals surface area contributed by atoms with E-state index in [9.17, 15) is 0 Å². The van der Waals surface area contributed by atoms with Crippen LogP contribution in [0, 0.1) is 0 Å². The van der Waals surface area contributed by atoms with Gasteiger partial charge in [-0.1, -0.05) is 60.7 Å². The lowest BCUT2D eigenvalue weighted by atomic mass is 10.1. The van der Waals surface area contributed by atoms with E-state index in [1.165, 1.54) is 26.5 Å². The van der Waals surface area contributed by atoms with Gasteiger partial charge < -0.3 is 0 Å². The Hall–Kier alpha value is -2.12. The Labute approximate surface area is 124 Å². The Morgan fingerprint density at radius 3 is 2.15 bits per heavy atom. The number of hydrogen-bond donors (Lipinski definition) is 0. The average molecular weight is 276 g/mol. The first kappa shape index (κ1) is 12.9. The summed E-state index contributed by atoms with van der Waals surface area (Å²) in [6.45, 7) is 2.16. The summed E-state index contributed by atoms with van der Waals surface area (Å²) in [5, 5.41) is 0. The van der Waals surface area contributed by atoms with E-state index in [4.69, 9.17) is 0 Å². The quantitative estimate of drug-likeness (QED) is 0.552. The molecule has 0 spiro atoms. The second-order valence-electron chi connectivity index (χ2n) is 4.76. The molecule has 98 valence electrons. The van der Waals surface area contributed by atoms with Crippen LogP contribution in [-0.4, -0.2) is 0 Å². The maximum Gasteiger partial charge on any atom is 0.0349 e.